The van der Waals surface area contributed by atoms with Gasteiger partial charge in [-0.05, 0) is 31.2 Å². The maximum atomic E-state index is 12.4. The molecule has 0 saturated carbocycles. The molecule has 124 valence electrons. The highest BCUT2D eigenvalue weighted by atomic mass is 32.2. The van der Waals surface area contributed by atoms with Crippen molar-refractivity contribution in [2.45, 2.75) is 25.7 Å². The molecule has 2 rings (SSSR count). The summed E-state index contributed by atoms with van der Waals surface area (Å²) in [5.74, 6) is -0.314. The molecule has 0 aliphatic carbocycles. The van der Waals surface area contributed by atoms with Crippen LogP contribution in [-0.2, 0) is 10.0 Å². The molecule has 6 nitrogen and oxygen atoms in total. The summed E-state index contributed by atoms with van der Waals surface area (Å²) in [5, 5.41) is 3.21. The maximum Gasteiger partial charge on any atom is 0.257 e. The molecule has 0 bridgehead atoms. The number of nitrogens with zero attached hydrogens (tertiary/aromatic N) is 2. The zero-order valence-electron chi connectivity index (χ0n) is 13.2. The second-order valence-electron chi connectivity index (χ2n) is 4.84. The zero-order chi connectivity index (χ0) is 17.0. The molecule has 0 fully saturated rings. The van der Waals surface area contributed by atoms with Crippen LogP contribution in [0.2, 0.25) is 0 Å². The van der Waals surface area contributed by atoms with Gasteiger partial charge in [0.2, 0.25) is 10.0 Å². The summed E-state index contributed by atoms with van der Waals surface area (Å²) in [4.78, 5) is 17.4. The van der Waals surface area contributed by atoms with Gasteiger partial charge in [0.25, 0.3) is 5.91 Å². The van der Waals surface area contributed by atoms with Gasteiger partial charge in [-0.2, -0.15) is 4.31 Å². The first-order chi connectivity index (χ1) is 10.9. The van der Waals surface area contributed by atoms with Crippen molar-refractivity contribution >= 4 is 32.4 Å². The minimum atomic E-state index is -3.51. The van der Waals surface area contributed by atoms with Gasteiger partial charge in [0, 0.05) is 29.7 Å². The minimum absolute atomic E-state index is 0.183. The molecule has 0 unspecified atom stereocenters. The molecule has 0 spiro atoms. The van der Waals surface area contributed by atoms with E-state index >= 15 is 0 Å². The van der Waals surface area contributed by atoms with Crippen LogP contribution in [-0.4, -0.2) is 36.7 Å². The molecule has 1 amide bonds. The Bertz CT molecular complexity index is 779. The minimum Gasteiger partial charge on any atom is -0.298 e. The fourth-order valence-electron chi connectivity index (χ4n) is 2.07. The van der Waals surface area contributed by atoms with Crippen LogP contribution in [0.1, 0.15) is 29.1 Å². The lowest BCUT2D eigenvalue weighted by molar-refractivity contribution is 0.102. The van der Waals surface area contributed by atoms with Crippen molar-refractivity contribution in [1.82, 2.24) is 9.29 Å². The fraction of sp³-hybridized carbons (Fsp3) is 0.333. The second-order valence-corrected chi connectivity index (χ2v) is 8.02. The number of hydrogen-bond donors (Lipinski definition) is 1. The average Bonchev–Trinajstić information content (AvgIpc) is 2.93. The van der Waals surface area contributed by atoms with Crippen LogP contribution >= 0.6 is 11.3 Å². The van der Waals surface area contributed by atoms with E-state index in [2.05, 4.69) is 10.3 Å². The Kier molecular flexibility index (Phi) is 5.51. The number of nitrogens with one attached hydrogen (secondary N) is 1. The first-order valence-electron chi connectivity index (χ1n) is 7.22. The summed E-state index contributed by atoms with van der Waals surface area (Å²) in [6.45, 7) is 6.30. The van der Waals surface area contributed by atoms with Crippen LogP contribution < -0.4 is 5.32 Å². The van der Waals surface area contributed by atoms with E-state index in [1.165, 1.54) is 39.9 Å². The summed E-state index contributed by atoms with van der Waals surface area (Å²) >= 11 is 1.38. The Morgan fingerprint density at radius 3 is 2.30 bits per heavy atom. The number of amides is 1. The number of carbonyl (C=O) groups is 1. The number of aromatic nitrogens is 1. The van der Waals surface area contributed by atoms with Crippen LogP contribution in [0.25, 0.3) is 0 Å². The highest BCUT2D eigenvalue weighted by Crippen LogP contribution is 2.19. The standard InChI is InChI=1S/C15H19N3O3S2/c1-4-18(5-2)23(20,21)13-8-6-12(7-9-13)14(19)17-15-16-10-11(3)22-15/h6-10H,4-5H2,1-3H3,(H,16,17,19). The van der Waals surface area contributed by atoms with E-state index in [0.717, 1.165) is 4.88 Å². The number of aryl methyl sites for hydroxylation is 1. The Labute approximate surface area is 140 Å². The highest BCUT2D eigenvalue weighted by Gasteiger charge is 2.21. The van der Waals surface area contributed by atoms with Crippen LogP contribution in [0, 0.1) is 6.92 Å². The fourth-order valence-corrected chi connectivity index (χ4v) is 4.19. The summed E-state index contributed by atoms with van der Waals surface area (Å²) in [6.07, 6.45) is 1.68. The monoisotopic (exact) mass is 353 g/mol. The first kappa shape index (κ1) is 17.6. The largest absolute Gasteiger partial charge is 0.298 e. The average molecular weight is 353 g/mol. The first-order valence-corrected chi connectivity index (χ1v) is 9.48. The molecule has 0 radical (unpaired) electrons. The third kappa shape index (κ3) is 3.95. The number of thiazole rings is 1. The van der Waals surface area contributed by atoms with Gasteiger partial charge >= 0.3 is 0 Å². The van der Waals surface area contributed by atoms with E-state index < -0.39 is 10.0 Å². The van der Waals surface area contributed by atoms with Gasteiger partial charge in [-0.3, -0.25) is 10.1 Å². The number of benzene rings is 1. The Hall–Kier alpha value is -1.77. The van der Waals surface area contributed by atoms with Crippen LogP contribution in [0.3, 0.4) is 0 Å². The number of sulfonamides is 1. The third-order valence-electron chi connectivity index (χ3n) is 3.30. The number of carbonyl (C=O) groups excluding carboxylic acids is 1. The third-order valence-corrected chi connectivity index (χ3v) is 6.19. The van der Waals surface area contributed by atoms with Gasteiger partial charge in [0.1, 0.15) is 0 Å². The Morgan fingerprint density at radius 2 is 1.83 bits per heavy atom. The van der Waals surface area contributed by atoms with Crippen LogP contribution in [0.5, 0.6) is 0 Å². The molecule has 1 heterocycles. The predicted octanol–water partition coefficient (Wildman–Crippen LogP) is 2.73. The van der Waals surface area contributed by atoms with Gasteiger partial charge < -0.3 is 0 Å². The van der Waals surface area contributed by atoms with Gasteiger partial charge in [0.15, 0.2) is 5.13 Å². The van der Waals surface area contributed by atoms with Gasteiger partial charge in [-0.1, -0.05) is 13.8 Å². The normalized spacial score (nSPS) is 11.7. The topological polar surface area (TPSA) is 79.4 Å². The Balaban J connectivity index is 2.17. The summed E-state index contributed by atoms with van der Waals surface area (Å²) in [5.41, 5.74) is 0.386. The zero-order valence-corrected chi connectivity index (χ0v) is 14.9. The summed E-state index contributed by atoms with van der Waals surface area (Å²) in [7, 11) is -3.51. The molecule has 2 aromatic rings. The molecule has 1 aromatic heterocycles. The smallest absolute Gasteiger partial charge is 0.257 e. The SMILES string of the molecule is CCN(CC)S(=O)(=O)c1ccc(C(=O)Nc2ncc(C)s2)cc1. The summed E-state index contributed by atoms with van der Waals surface area (Å²) < 4.78 is 26.1. The lowest BCUT2D eigenvalue weighted by Crippen LogP contribution is -2.30. The number of anilines is 1. The number of hydrogen-bond acceptors (Lipinski definition) is 5. The van der Waals surface area contributed by atoms with Crippen molar-refractivity contribution in [3.05, 3.63) is 40.9 Å². The molecule has 0 atom stereocenters. The van der Waals surface area contributed by atoms with Crippen LogP contribution in [0.15, 0.2) is 35.4 Å². The van der Waals surface area contributed by atoms with Gasteiger partial charge in [-0.25, -0.2) is 13.4 Å². The molecule has 0 aliphatic heterocycles. The molecular weight excluding hydrogens is 334 g/mol. The molecule has 0 aliphatic rings. The van der Waals surface area contributed by atoms with E-state index in [1.807, 2.05) is 6.92 Å². The molecule has 8 heteroatoms. The van der Waals surface area contributed by atoms with Gasteiger partial charge in [-0.15, -0.1) is 11.3 Å². The van der Waals surface area contributed by atoms with Gasteiger partial charge in [0.05, 0.1) is 4.90 Å². The van der Waals surface area contributed by atoms with E-state index in [4.69, 9.17) is 0 Å². The molecule has 0 saturated heterocycles. The van der Waals surface area contributed by atoms with Crippen molar-refractivity contribution in [2.24, 2.45) is 0 Å². The predicted molar refractivity (Wildman–Crippen MR) is 91.4 cm³/mol. The van der Waals surface area contributed by atoms with Crippen molar-refractivity contribution in [3.8, 4) is 0 Å². The second kappa shape index (κ2) is 7.20. The van der Waals surface area contributed by atoms with E-state index in [9.17, 15) is 13.2 Å². The van der Waals surface area contributed by atoms with E-state index in [0.29, 0.717) is 23.8 Å². The molecular formula is C15H19N3O3S2. The van der Waals surface area contributed by atoms with Crippen molar-refractivity contribution in [2.75, 3.05) is 18.4 Å². The van der Waals surface area contributed by atoms with Crippen molar-refractivity contribution in [3.63, 3.8) is 0 Å². The highest BCUT2D eigenvalue weighted by molar-refractivity contribution is 7.89. The van der Waals surface area contributed by atoms with Crippen molar-refractivity contribution in [1.29, 1.82) is 0 Å². The van der Waals surface area contributed by atoms with E-state index in [1.54, 1.807) is 20.0 Å². The maximum absolute atomic E-state index is 12.4. The van der Waals surface area contributed by atoms with Crippen molar-refractivity contribution < 1.29 is 13.2 Å². The van der Waals surface area contributed by atoms with Crippen LogP contribution in [0.4, 0.5) is 5.13 Å². The number of rotatable bonds is 6. The summed E-state index contributed by atoms with van der Waals surface area (Å²) in [6, 6.07) is 5.92. The molecule has 1 N–H and O–H groups in total. The van der Waals surface area contributed by atoms with E-state index in [-0.39, 0.29) is 10.8 Å². The lowest BCUT2D eigenvalue weighted by Gasteiger charge is -2.18. The quantitative estimate of drug-likeness (QED) is 0.866. The molecule has 1 aromatic carbocycles. The molecule has 23 heavy (non-hydrogen) atoms. The lowest BCUT2D eigenvalue weighted by atomic mass is 10.2. The Morgan fingerprint density at radius 1 is 1.22 bits per heavy atom.